The molecule has 3 heteroatoms. The summed E-state index contributed by atoms with van der Waals surface area (Å²) >= 11 is 0. The number of benzene rings is 3. The molecule has 0 aromatic heterocycles. The van der Waals surface area contributed by atoms with Gasteiger partial charge in [-0.15, -0.1) is 0 Å². The Labute approximate surface area is 195 Å². The lowest BCUT2D eigenvalue weighted by molar-refractivity contribution is 0.706. The minimum Gasteiger partial charge on any atom is -0.369 e. The molecule has 1 aliphatic carbocycles. The molecule has 0 spiro atoms. The Balaban J connectivity index is 1.71. The molecule has 1 heterocycles. The summed E-state index contributed by atoms with van der Waals surface area (Å²) in [6.07, 6.45) is 12.4. The maximum atomic E-state index is 6.82. The number of allylic oxidation sites excluding steroid dienone is 4. The third kappa shape index (κ3) is 3.83. The van der Waals surface area contributed by atoms with Crippen molar-refractivity contribution < 1.29 is 0 Å². The molecule has 2 N–H and O–H groups in total. The van der Waals surface area contributed by atoms with Crippen LogP contribution in [0.5, 0.6) is 0 Å². The Morgan fingerprint density at radius 1 is 0.939 bits per heavy atom. The number of nitrogens with two attached hydrogens (primary N) is 1. The fourth-order valence-electron chi connectivity index (χ4n) is 4.78. The summed E-state index contributed by atoms with van der Waals surface area (Å²) in [7, 11) is 0. The van der Waals surface area contributed by atoms with Crippen LogP contribution < -0.4 is 10.6 Å². The molecule has 5 rings (SSSR count). The molecule has 1 aliphatic heterocycles. The fraction of sp³-hybridized carbons (Fsp3) is 0.100. The summed E-state index contributed by atoms with van der Waals surface area (Å²) in [5, 5.41) is 0. The number of hydrogen-bond acceptors (Lipinski definition) is 1. The van der Waals surface area contributed by atoms with E-state index in [-0.39, 0.29) is 12.0 Å². The highest BCUT2D eigenvalue weighted by Gasteiger charge is 2.35. The number of fused-ring (bicyclic) bond motifs is 5. The van der Waals surface area contributed by atoms with Gasteiger partial charge in [0.05, 0.1) is 17.4 Å². The maximum Gasteiger partial charge on any atom is 0.201 e. The van der Waals surface area contributed by atoms with Gasteiger partial charge < -0.3 is 10.6 Å². The largest absolute Gasteiger partial charge is 0.369 e. The summed E-state index contributed by atoms with van der Waals surface area (Å²) in [6, 6.07) is 25.3. The van der Waals surface area contributed by atoms with Gasteiger partial charge in [-0.2, -0.15) is 0 Å². The Kier molecular flexibility index (Phi) is 5.54. The Bertz CT molecular complexity index is 1310. The van der Waals surface area contributed by atoms with Crippen LogP contribution in [0.3, 0.4) is 0 Å². The van der Waals surface area contributed by atoms with E-state index in [1.165, 1.54) is 16.7 Å². The molecular weight excluding hydrogens is 402 g/mol. The Morgan fingerprint density at radius 3 is 2.52 bits per heavy atom. The molecule has 2 aliphatic rings. The van der Waals surface area contributed by atoms with Crippen molar-refractivity contribution in [1.82, 2.24) is 0 Å². The topological polar surface area (TPSA) is 41.6 Å². The number of aliphatic imine (C=N–C) groups is 1. The number of hydrogen-bond donors (Lipinski definition) is 1. The SMILES string of the molecule is C=C/C=C(\N=C(/N)N1c2ccccc2-c2ccc(C)cc2C2C=CC=CC21)c1ccccc1. The molecule has 2 atom stereocenters. The van der Waals surface area contributed by atoms with Gasteiger partial charge in [-0.3, -0.25) is 0 Å². The van der Waals surface area contributed by atoms with E-state index in [1.54, 1.807) is 6.08 Å². The summed E-state index contributed by atoms with van der Waals surface area (Å²) in [5.74, 6) is 0.619. The predicted octanol–water partition coefficient (Wildman–Crippen LogP) is 6.60. The molecule has 2 unspecified atom stereocenters. The molecular formula is C30H27N3. The first-order valence-corrected chi connectivity index (χ1v) is 11.2. The van der Waals surface area contributed by atoms with Gasteiger partial charge in [-0.05, 0) is 30.2 Å². The summed E-state index contributed by atoms with van der Waals surface area (Å²) in [6.45, 7) is 6.02. The Morgan fingerprint density at radius 2 is 1.70 bits per heavy atom. The lowest BCUT2D eigenvalue weighted by Gasteiger charge is -2.35. The summed E-state index contributed by atoms with van der Waals surface area (Å²) < 4.78 is 0. The van der Waals surface area contributed by atoms with E-state index in [1.807, 2.05) is 36.4 Å². The van der Waals surface area contributed by atoms with Crippen molar-refractivity contribution in [2.75, 3.05) is 4.90 Å². The zero-order valence-corrected chi connectivity index (χ0v) is 18.7. The molecule has 3 aromatic carbocycles. The highest BCUT2D eigenvalue weighted by Crippen LogP contribution is 2.45. The average molecular weight is 430 g/mol. The van der Waals surface area contributed by atoms with E-state index >= 15 is 0 Å². The van der Waals surface area contributed by atoms with Crippen LogP contribution in [-0.2, 0) is 0 Å². The van der Waals surface area contributed by atoms with Gasteiger partial charge in [-0.1, -0.05) is 109 Å². The number of rotatable bonds is 3. The van der Waals surface area contributed by atoms with Crippen LogP contribution in [0, 0.1) is 6.92 Å². The molecule has 0 saturated carbocycles. The molecule has 3 aromatic rings. The smallest absolute Gasteiger partial charge is 0.201 e. The second-order valence-corrected chi connectivity index (χ2v) is 8.39. The zero-order valence-electron chi connectivity index (χ0n) is 18.7. The van der Waals surface area contributed by atoms with E-state index in [9.17, 15) is 0 Å². The van der Waals surface area contributed by atoms with E-state index < -0.39 is 0 Å². The molecule has 0 radical (unpaired) electrons. The highest BCUT2D eigenvalue weighted by atomic mass is 15.3. The van der Waals surface area contributed by atoms with Gasteiger partial charge in [-0.25, -0.2) is 4.99 Å². The van der Waals surface area contributed by atoms with Crippen molar-refractivity contribution in [2.45, 2.75) is 18.9 Å². The molecule has 3 nitrogen and oxygen atoms in total. The first kappa shape index (κ1) is 20.8. The van der Waals surface area contributed by atoms with Gasteiger partial charge >= 0.3 is 0 Å². The van der Waals surface area contributed by atoms with Crippen LogP contribution in [0.4, 0.5) is 5.69 Å². The van der Waals surface area contributed by atoms with Gasteiger partial charge in [0, 0.05) is 17.0 Å². The summed E-state index contributed by atoms with van der Waals surface area (Å²) in [5.41, 5.74) is 14.6. The maximum absolute atomic E-state index is 6.82. The number of aryl methyl sites for hydroxylation is 1. The van der Waals surface area contributed by atoms with Crippen molar-refractivity contribution in [2.24, 2.45) is 10.7 Å². The van der Waals surface area contributed by atoms with Crippen LogP contribution in [0.2, 0.25) is 0 Å². The number of anilines is 1. The second-order valence-electron chi connectivity index (χ2n) is 8.39. The fourth-order valence-corrected chi connectivity index (χ4v) is 4.78. The van der Waals surface area contributed by atoms with Crippen molar-refractivity contribution in [3.05, 3.63) is 133 Å². The number of nitrogens with zero attached hydrogens (tertiary/aromatic N) is 2. The molecule has 0 amide bonds. The lowest BCUT2D eigenvalue weighted by atomic mass is 9.84. The molecule has 162 valence electrons. The van der Waals surface area contributed by atoms with Crippen LogP contribution in [-0.4, -0.2) is 12.0 Å². The first-order chi connectivity index (χ1) is 16.2. The van der Waals surface area contributed by atoms with Gasteiger partial charge in [0.25, 0.3) is 0 Å². The average Bonchev–Trinajstić information content (AvgIpc) is 2.97. The predicted molar refractivity (Wildman–Crippen MR) is 140 cm³/mol. The highest BCUT2D eigenvalue weighted by molar-refractivity contribution is 6.03. The molecule has 0 fully saturated rings. The van der Waals surface area contributed by atoms with Crippen LogP contribution in [0.15, 0.2) is 121 Å². The lowest BCUT2D eigenvalue weighted by Crippen LogP contribution is -2.46. The van der Waals surface area contributed by atoms with Crippen LogP contribution >= 0.6 is 0 Å². The van der Waals surface area contributed by atoms with Crippen LogP contribution in [0.25, 0.3) is 16.8 Å². The minimum atomic E-state index is 0.0173. The van der Waals surface area contributed by atoms with Gasteiger partial charge in [0.15, 0.2) is 0 Å². The van der Waals surface area contributed by atoms with Crippen molar-refractivity contribution in [3.63, 3.8) is 0 Å². The monoisotopic (exact) mass is 429 g/mol. The normalized spacial score (nSPS) is 19.4. The zero-order chi connectivity index (χ0) is 22.8. The van der Waals surface area contributed by atoms with Crippen molar-refractivity contribution >= 4 is 17.3 Å². The van der Waals surface area contributed by atoms with E-state index in [4.69, 9.17) is 10.7 Å². The summed E-state index contributed by atoms with van der Waals surface area (Å²) in [4.78, 5) is 7.10. The van der Waals surface area contributed by atoms with Crippen molar-refractivity contribution in [3.8, 4) is 11.1 Å². The molecule has 0 saturated heterocycles. The van der Waals surface area contributed by atoms with E-state index in [0.717, 1.165) is 22.5 Å². The number of guanidine groups is 1. The number of para-hydroxylation sites is 1. The Hall–Kier alpha value is -4.11. The molecule has 33 heavy (non-hydrogen) atoms. The van der Waals surface area contributed by atoms with Crippen molar-refractivity contribution in [1.29, 1.82) is 0 Å². The third-order valence-corrected chi connectivity index (χ3v) is 6.25. The van der Waals surface area contributed by atoms with E-state index in [2.05, 4.69) is 85.2 Å². The first-order valence-electron chi connectivity index (χ1n) is 11.2. The van der Waals surface area contributed by atoms with E-state index in [0.29, 0.717) is 5.96 Å². The van der Waals surface area contributed by atoms with Gasteiger partial charge in [0.2, 0.25) is 5.96 Å². The quantitative estimate of drug-likeness (QED) is 0.289. The second kappa shape index (κ2) is 8.79. The third-order valence-electron chi connectivity index (χ3n) is 6.25. The minimum absolute atomic E-state index is 0.0173. The molecule has 0 bridgehead atoms. The standard InChI is InChI=1S/C30H27N3/c1-3-11-27(22-12-5-4-6-13-22)32-30(31)33-28-16-9-7-14-24(28)23-19-18-21(2)20-26(23)25-15-8-10-17-29(25)33/h3-20,25,29H,1H2,2H3,(H2,31,32)/b27-11-. The van der Waals surface area contributed by atoms with Gasteiger partial charge in [0.1, 0.15) is 0 Å². The van der Waals surface area contributed by atoms with Crippen LogP contribution in [0.1, 0.15) is 22.6 Å².